The van der Waals surface area contributed by atoms with Crippen LogP contribution in [0, 0.1) is 0 Å². The zero-order valence-electron chi connectivity index (χ0n) is 17.3. The number of nitrogens with zero attached hydrogens (tertiary/aromatic N) is 1. The lowest BCUT2D eigenvalue weighted by Crippen LogP contribution is -2.30. The Labute approximate surface area is 173 Å². The molecular weight excluding hydrogens is 366 g/mol. The van der Waals surface area contributed by atoms with E-state index >= 15 is 0 Å². The van der Waals surface area contributed by atoms with Crippen molar-refractivity contribution in [2.75, 3.05) is 32.7 Å². The number of ether oxygens (including phenoxy) is 2. The summed E-state index contributed by atoms with van der Waals surface area (Å²) in [6.45, 7) is 1.83. The van der Waals surface area contributed by atoms with Crippen molar-refractivity contribution >= 4 is 11.6 Å². The number of rotatable bonds is 8. The SMILES string of the molecule is CN=C(NCc1c(O)ccc2c1CCCC2)Nc1cccc(OCCCOC)c1. The minimum atomic E-state index is 0.347. The van der Waals surface area contributed by atoms with Crippen LogP contribution in [0.15, 0.2) is 41.4 Å². The molecule has 0 radical (unpaired) electrons. The number of phenolic OH excluding ortho intramolecular Hbond substituents is 1. The molecule has 0 heterocycles. The van der Waals surface area contributed by atoms with Gasteiger partial charge in [-0.25, -0.2) is 0 Å². The van der Waals surface area contributed by atoms with Gasteiger partial charge >= 0.3 is 0 Å². The summed E-state index contributed by atoms with van der Waals surface area (Å²) in [4.78, 5) is 4.31. The topological polar surface area (TPSA) is 75.1 Å². The number of hydrogen-bond acceptors (Lipinski definition) is 4. The minimum Gasteiger partial charge on any atom is -0.508 e. The van der Waals surface area contributed by atoms with Crippen LogP contribution in [0.3, 0.4) is 0 Å². The smallest absolute Gasteiger partial charge is 0.195 e. The van der Waals surface area contributed by atoms with E-state index in [0.29, 0.717) is 31.5 Å². The third-order valence-corrected chi connectivity index (χ3v) is 5.14. The summed E-state index contributed by atoms with van der Waals surface area (Å²) in [5, 5.41) is 17.0. The first-order valence-corrected chi connectivity index (χ1v) is 10.2. The summed E-state index contributed by atoms with van der Waals surface area (Å²) in [6, 6.07) is 11.7. The summed E-state index contributed by atoms with van der Waals surface area (Å²) >= 11 is 0. The minimum absolute atomic E-state index is 0.347. The largest absolute Gasteiger partial charge is 0.508 e. The second kappa shape index (κ2) is 10.7. The fraction of sp³-hybridized carbons (Fsp3) is 0.435. The molecule has 0 saturated carbocycles. The molecule has 3 N–H and O–H groups in total. The number of hydrogen-bond donors (Lipinski definition) is 3. The average Bonchev–Trinajstić information content (AvgIpc) is 2.75. The number of nitrogens with one attached hydrogen (secondary N) is 2. The molecular formula is C23H31N3O3. The number of guanidine groups is 1. The highest BCUT2D eigenvalue weighted by Gasteiger charge is 2.16. The fourth-order valence-electron chi connectivity index (χ4n) is 3.63. The van der Waals surface area contributed by atoms with Gasteiger partial charge in [0.2, 0.25) is 0 Å². The third-order valence-electron chi connectivity index (χ3n) is 5.14. The van der Waals surface area contributed by atoms with Crippen LogP contribution < -0.4 is 15.4 Å². The lowest BCUT2D eigenvalue weighted by atomic mass is 9.88. The monoisotopic (exact) mass is 397 g/mol. The van der Waals surface area contributed by atoms with E-state index in [-0.39, 0.29) is 0 Å². The molecule has 0 aromatic heterocycles. The maximum Gasteiger partial charge on any atom is 0.195 e. The summed E-state index contributed by atoms with van der Waals surface area (Å²) in [7, 11) is 3.43. The first kappa shape index (κ1) is 21.0. The third kappa shape index (κ3) is 5.87. The Morgan fingerprint density at radius 1 is 1.14 bits per heavy atom. The van der Waals surface area contributed by atoms with Gasteiger partial charge < -0.3 is 25.2 Å². The number of benzene rings is 2. The number of aromatic hydroxyl groups is 1. The maximum absolute atomic E-state index is 10.4. The lowest BCUT2D eigenvalue weighted by Gasteiger charge is -2.21. The molecule has 0 spiro atoms. The molecule has 0 fully saturated rings. The zero-order valence-corrected chi connectivity index (χ0v) is 17.3. The molecule has 29 heavy (non-hydrogen) atoms. The molecule has 0 saturated heterocycles. The van der Waals surface area contributed by atoms with Gasteiger partial charge in [-0.2, -0.15) is 0 Å². The first-order valence-electron chi connectivity index (χ1n) is 10.2. The van der Waals surface area contributed by atoms with Crippen LogP contribution in [0.1, 0.15) is 36.0 Å². The van der Waals surface area contributed by atoms with Crippen LogP contribution in [-0.2, 0) is 24.1 Å². The van der Waals surface area contributed by atoms with E-state index in [9.17, 15) is 5.11 Å². The molecule has 3 rings (SSSR count). The number of phenols is 1. The van der Waals surface area contributed by atoms with E-state index < -0.39 is 0 Å². The summed E-state index contributed by atoms with van der Waals surface area (Å²) in [5.74, 6) is 1.80. The van der Waals surface area contributed by atoms with E-state index in [1.165, 1.54) is 24.0 Å². The standard InChI is InChI=1S/C23H31N3O3/c1-24-23(26-18-8-5-9-19(15-18)29-14-6-13-28-2)25-16-21-20-10-4-3-7-17(20)11-12-22(21)27/h5,8-9,11-12,15,27H,3-4,6-7,10,13-14,16H2,1-2H3,(H2,24,25,26). The Balaban J connectivity index is 1.61. The van der Waals surface area contributed by atoms with Crippen molar-refractivity contribution in [2.45, 2.75) is 38.6 Å². The van der Waals surface area contributed by atoms with Crippen molar-refractivity contribution in [3.63, 3.8) is 0 Å². The molecule has 0 atom stereocenters. The van der Waals surface area contributed by atoms with Crippen molar-refractivity contribution < 1.29 is 14.6 Å². The molecule has 0 bridgehead atoms. The van der Waals surface area contributed by atoms with E-state index in [2.05, 4.69) is 21.7 Å². The van der Waals surface area contributed by atoms with Gasteiger partial charge in [-0.05, 0) is 55.0 Å². The Morgan fingerprint density at radius 3 is 2.83 bits per heavy atom. The van der Waals surface area contributed by atoms with Gasteiger partial charge in [-0.3, -0.25) is 4.99 Å². The Hall–Kier alpha value is -2.73. The number of aliphatic imine (C=N–C) groups is 1. The van der Waals surface area contributed by atoms with Crippen LogP contribution in [-0.4, -0.2) is 38.4 Å². The summed E-state index contributed by atoms with van der Waals surface area (Å²) < 4.78 is 10.8. The number of methoxy groups -OCH3 is 1. The first-order chi connectivity index (χ1) is 14.2. The highest BCUT2D eigenvalue weighted by molar-refractivity contribution is 5.93. The van der Waals surface area contributed by atoms with Gasteiger partial charge in [0.25, 0.3) is 0 Å². The van der Waals surface area contributed by atoms with Crippen molar-refractivity contribution in [3.8, 4) is 11.5 Å². The molecule has 6 heteroatoms. The fourth-order valence-corrected chi connectivity index (χ4v) is 3.63. The Bertz CT molecular complexity index is 836. The second-order valence-corrected chi connectivity index (χ2v) is 7.18. The molecule has 0 aliphatic heterocycles. The normalized spacial score (nSPS) is 13.7. The summed E-state index contributed by atoms with van der Waals surface area (Å²) in [5.41, 5.74) is 4.50. The van der Waals surface area contributed by atoms with Crippen LogP contribution in [0.25, 0.3) is 0 Å². The van der Waals surface area contributed by atoms with E-state index in [1.807, 2.05) is 30.3 Å². The van der Waals surface area contributed by atoms with Crippen LogP contribution in [0.4, 0.5) is 5.69 Å². The van der Waals surface area contributed by atoms with Gasteiger partial charge in [-0.1, -0.05) is 12.1 Å². The molecule has 6 nitrogen and oxygen atoms in total. The van der Waals surface area contributed by atoms with E-state index in [1.54, 1.807) is 14.2 Å². The Morgan fingerprint density at radius 2 is 2.00 bits per heavy atom. The van der Waals surface area contributed by atoms with Crippen molar-refractivity contribution in [3.05, 3.63) is 53.1 Å². The van der Waals surface area contributed by atoms with E-state index in [0.717, 1.165) is 36.3 Å². The predicted molar refractivity (Wildman–Crippen MR) is 117 cm³/mol. The van der Waals surface area contributed by atoms with Gasteiger partial charge in [0.1, 0.15) is 11.5 Å². The van der Waals surface area contributed by atoms with Crippen LogP contribution in [0.5, 0.6) is 11.5 Å². The van der Waals surface area contributed by atoms with Crippen molar-refractivity contribution in [1.29, 1.82) is 0 Å². The highest BCUT2D eigenvalue weighted by Crippen LogP contribution is 2.30. The number of fused-ring (bicyclic) bond motifs is 1. The predicted octanol–water partition coefficient (Wildman–Crippen LogP) is 3.87. The van der Waals surface area contributed by atoms with Gasteiger partial charge in [0.05, 0.1) is 6.61 Å². The second-order valence-electron chi connectivity index (χ2n) is 7.18. The maximum atomic E-state index is 10.4. The molecule has 1 aliphatic carbocycles. The molecule has 156 valence electrons. The van der Waals surface area contributed by atoms with Crippen molar-refractivity contribution in [2.24, 2.45) is 4.99 Å². The Kier molecular flexibility index (Phi) is 7.76. The number of aryl methyl sites for hydroxylation is 1. The van der Waals surface area contributed by atoms with Gasteiger partial charge in [-0.15, -0.1) is 0 Å². The van der Waals surface area contributed by atoms with E-state index in [4.69, 9.17) is 9.47 Å². The quantitative estimate of drug-likeness (QED) is 0.358. The summed E-state index contributed by atoms with van der Waals surface area (Å²) in [6.07, 6.45) is 5.36. The molecule has 0 unspecified atom stereocenters. The van der Waals surface area contributed by atoms with Crippen molar-refractivity contribution in [1.82, 2.24) is 5.32 Å². The molecule has 1 aliphatic rings. The highest BCUT2D eigenvalue weighted by atomic mass is 16.5. The average molecular weight is 398 g/mol. The van der Waals surface area contributed by atoms with Crippen LogP contribution >= 0.6 is 0 Å². The molecule has 0 amide bonds. The molecule has 2 aromatic rings. The zero-order chi connectivity index (χ0) is 20.5. The van der Waals surface area contributed by atoms with Gasteiger partial charge in [0.15, 0.2) is 5.96 Å². The van der Waals surface area contributed by atoms with Crippen LogP contribution in [0.2, 0.25) is 0 Å². The number of anilines is 1. The molecule has 2 aromatic carbocycles. The lowest BCUT2D eigenvalue weighted by molar-refractivity contribution is 0.172. The van der Waals surface area contributed by atoms with Gasteiger partial charge in [0, 0.05) is 51.0 Å².